The van der Waals surface area contributed by atoms with Crippen LogP contribution >= 0.6 is 0 Å². The fraction of sp³-hybridized carbons (Fsp3) is 0.571. The molecule has 0 aliphatic heterocycles. The molecule has 1 aliphatic rings. The number of aromatic nitrogens is 1. The van der Waals surface area contributed by atoms with Gasteiger partial charge < -0.3 is 10.1 Å². The summed E-state index contributed by atoms with van der Waals surface area (Å²) in [5, 5.41) is 3.49. The Kier molecular flexibility index (Phi) is 4.18. The molecular weight excluding hydrogens is 228 g/mol. The number of hydrogen-bond acceptors (Lipinski definition) is 4. The molecule has 1 saturated carbocycles. The zero-order valence-electron chi connectivity index (χ0n) is 11.0. The van der Waals surface area contributed by atoms with Crippen LogP contribution in [0.1, 0.15) is 31.4 Å². The minimum Gasteiger partial charge on any atom is -0.469 e. The zero-order valence-corrected chi connectivity index (χ0v) is 11.0. The van der Waals surface area contributed by atoms with Gasteiger partial charge in [0.25, 0.3) is 0 Å². The van der Waals surface area contributed by atoms with Gasteiger partial charge in [-0.15, -0.1) is 0 Å². The predicted octanol–water partition coefficient (Wildman–Crippen LogP) is 2.53. The number of rotatable bonds is 3. The Morgan fingerprint density at radius 2 is 2.33 bits per heavy atom. The van der Waals surface area contributed by atoms with Crippen molar-refractivity contribution in [1.29, 1.82) is 0 Å². The summed E-state index contributed by atoms with van der Waals surface area (Å²) in [4.78, 5) is 15.8. The summed E-state index contributed by atoms with van der Waals surface area (Å²) in [5.41, 5.74) is 2.06. The average molecular weight is 248 g/mol. The third-order valence-corrected chi connectivity index (χ3v) is 3.58. The van der Waals surface area contributed by atoms with E-state index in [9.17, 15) is 4.79 Å². The maximum atomic E-state index is 11.6. The lowest BCUT2D eigenvalue weighted by Gasteiger charge is -2.29. The monoisotopic (exact) mass is 248 g/mol. The van der Waals surface area contributed by atoms with Crippen LogP contribution in [0.25, 0.3) is 0 Å². The summed E-state index contributed by atoms with van der Waals surface area (Å²) < 4.78 is 4.83. The van der Waals surface area contributed by atoms with Crippen LogP contribution in [0.15, 0.2) is 18.3 Å². The van der Waals surface area contributed by atoms with Crippen LogP contribution in [-0.4, -0.2) is 24.1 Å². The number of ether oxygens (including phenoxy) is 1. The van der Waals surface area contributed by atoms with E-state index in [-0.39, 0.29) is 11.9 Å². The number of carbonyl (C=O) groups is 1. The summed E-state index contributed by atoms with van der Waals surface area (Å²) >= 11 is 0. The third-order valence-electron chi connectivity index (χ3n) is 3.58. The van der Waals surface area contributed by atoms with Gasteiger partial charge in [0, 0.05) is 12.2 Å². The second-order valence-corrected chi connectivity index (χ2v) is 4.86. The predicted molar refractivity (Wildman–Crippen MR) is 70.4 cm³/mol. The van der Waals surface area contributed by atoms with Gasteiger partial charge in [-0.3, -0.25) is 9.78 Å². The number of hydrogen-bond donors (Lipinski definition) is 1. The van der Waals surface area contributed by atoms with Gasteiger partial charge in [0.2, 0.25) is 0 Å². The molecule has 2 atom stereocenters. The van der Waals surface area contributed by atoms with Gasteiger partial charge in [-0.1, -0.05) is 6.42 Å². The Morgan fingerprint density at radius 1 is 1.50 bits per heavy atom. The molecule has 1 N–H and O–H groups in total. The van der Waals surface area contributed by atoms with E-state index in [1.165, 1.54) is 7.11 Å². The number of nitrogens with zero attached hydrogens (tertiary/aromatic N) is 1. The lowest BCUT2D eigenvalue weighted by molar-refractivity contribution is -0.146. The summed E-state index contributed by atoms with van der Waals surface area (Å²) in [6.07, 6.45) is 5.75. The zero-order chi connectivity index (χ0) is 13.0. The summed E-state index contributed by atoms with van der Waals surface area (Å²) in [7, 11) is 1.46. The lowest BCUT2D eigenvalue weighted by atomic mass is 9.85. The number of anilines is 1. The highest BCUT2D eigenvalue weighted by Crippen LogP contribution is 2.28. The third kappa shape index (κ3) is 3.00. The molecule has 0 radical (unpaired) electrons. The molecule has 2 rings (SSSR count). The maximum absolute atomic E-state index is 11.6. The molecule has 98 valence electrons. The van der Waals surface area contributed by atoms with Gasteiger partial charge >= 0.3 is 5.97 Å². The highest BCUT2D eigenvalue weighted by atomic mass is 16.5. The second kappa shape index (κ2) is 5.85. The van der Waals surface area contributed by atoms with Crippen LogP contribution in [0.5, 0.6) is 0 Å². The first-order valence-electron chi connectivity index (χ1n) is 6.46. The molecule has 18 heavy (non-hydrogen) atoms. The molecule has 4 heteroatoms. The molecule has 0 spiro atoms. The molecule has 4 nitrogen and oxygen atoms in total. The Bertz CT molecular complexity index is 420. The van der Waals surface area contributed by atoms with E-state index in [0.717, 1.165) is 37.1 Å². The minimum absolute atomic E-state index is 0.0400. The van der Waals surface area contributed by atoms with Crippen molar-refractivity contribution in [3.05, 3.63) is 24.0 Å². The molecule has 1 heterocycles. The smallest absolute Gasteiger partial charge is 0.308 e. The van der Waals surface area contributed by atoms with E-state index in [0.29, 0.717) is 6.04 Å². The van der Waals surface area contributed by atoms with Gasteiger partial charge in [-0.2, -0.15) is 0 Å². The Balaban J connectivity index is 1.98. The molecule has 0 aromatic carbocycles. The largest absolute Gasteiger partial charge is 0.469 e. The van der Waals surface area contributed by atoms with Crippen LogP contribution in [0.4, 0.5) is 5.69 Å². The fourth-order valence-corrected chi connectivity index (χ4v) is 2.56. The standard InChI is InChI=1S/C14H20N2O2/c1-10-13(7-4-8-15-10)16-12-6-3-5-11(9-12)14(17)18-2/h4,7-8,11-12,16H,3,5-6,9H2,1-2H3. The van der Waals surface area contributed by atoms with Crippen LogP contribution in [0.2, 0.25) is 0 Å². The molecular formula is C14H20N2O2. The summed E-state index contributed by atoms with van der Waals surface area (Å²) in [6, 6.07) is 4.30. The van der Waals surface area contributed by atoms with Gasteiger partial charge in [-0.05, 0) is 38.3 Å². The van der Waals surface area contributed by atoms with Gasteiger partial charge in [-0.25, -0.2) is 0 Å². The Labute approximate surface area is 108 Å². The topological polar surface area (TPSA) is 51.2 Å². The first-order valence-corrected chi connectivity index (χ1v) is 6.46. The van der Waals surface area contributed by atoms with E-state index >= 15 is 0 Å². The van der Waals surface area contributed by atoms with Crippen LogP contribution in [0.3, 0.4) is 0 Å². The highest BCUT2D eigenvalue weighted by Gasteiger charge is 2.27. The quantitative estimate of drug-likeness (QED) is 0.835. The fourth-order valence-electron chi connectivity index (χ4n) is 2.56. The van der Waals surface area contributed by atoms with Gasteiger partial charge in [0.05, 0.1) is 24.4 Å². The first kappa shape index (κ1) is 12.9. The molecule has 2 unspecified atom stereocenters. The van der Waals surface area contributed by atoms with E-state index in [2.05, 4.69) is 10.3 Å². The summed E-state index contributed by atoms with van der Waals surface area (Å²) in [5.74, 6) is -0.0392. The molecule has 1 aromatic rings. The molecule has 0 bridgehead atoms. The first-order chi connectivity index (χ1) is 8.70. The number of esters is 1. The maximum Gasteiger partial charge on any atom is 0.308 e. The second-order valence-electron chi connectivity index (χ2n) is 4.86. The molecule has 0 amide bonds. The van der Waals surface area contributed by atoms with Crippen molar-refractivity contribution in [2.24, 2.45) is 5.92 Å². The number of nitrogens with one attached hydrogen (secondary N) is 1. The summed E-state index contributed by atoms with van der Waals surface area (Å²) in [6.45, 7) is 1.99. The Hall–Kier alpha value is -1.58. The molecule has 1 aliphatic carbocycles. The number of pyridine rings is 1. The van der Waals surface area contributed by atoms with Crippen molar-refractivity contribution in [3.63, 3.8) is 0 Å². The van der Waals surface area contributed by atoms with Crippen molar-refractivity contribution in [2.45, 2.75) is 38.6 Å². The van der Waals surface area contributed by atoms with E-state index in [4.69, 9.17) is 4.74 Å². The van der Waals surface area contributed by atoms with Crippen molar-refractivity contribution >= 4 is 11.7 Å². The van der Waals surface area contributed by atoms with Crippen LogP contribution < -0.4 is 5.32 Å². The van der Waals surface area contributed by atoms with E-state index in [1.54, 1.807) is 6.20 Å². The van der Waals surface area contributed by atoms with Crippen LogP contribution in [0, 0.1) is 12.8 Å². The van der Waals surface area contributed by atoms with Crippen LogP contribution in [-0.2, 0) is 9.53 Å². The molecule has 1 fully saturated rings. The van der Waals surface area contributed by atoms with Crippen molar-refractivity contribution < 1.29 is 9.53 Å². The van der Waals surface area contributed by atoms with E-state index in [1.807, 2.05) is 19.1 Å². The number of carbonyl (C=O) groups excluding carboxylic acids is 1. The SMILES string of the molecule is COC(=O)C1CCCC(Nc2cccnc2C)C1. The van der Waals surface area contributed by atoms with Gasteiger partial charge in [0.15, 0.2) is 0 Å². The van der Waals surface area contributed by atoms with Crippen molar-refractivity contribution in [2.75, 3.05) is 12.4 Å². The number of aryl methyl sites for hydroxylation is 1. The normalized spacial score (nSPS) is 23.4. The average Bonchev–Trinajstić information content (AvgIpc) is 2.41. The van der Waals surface area contributed by atoms with Gasteiger partial charge in [0.1, 0.15) is 0 Å². The lowest BCUT2D eigenvalue weighted by Crippen LogP contribution is -2.31. The molecule has 0 saturated heterocycles. The molecule has 1 aromatic heterocycles. The number of methoxy groups -OCH3 is 1. The van der Waals surface area contributed by atoms with Crippen molar-refractivity contribution in [1.82, 2.24) is 4.98 Å². The minimum atomic E-state index is -0.0793. The Morgan fingerprint density at radius 3 is 3.06 bits per heavy atom. The highest BCUT2D eigenvalue weighted by molar-refractivity contribution is 5.72. The van der Waals surface area contributed by atoms with Crippen molar-refractivity contribution in [3.8, 4) is 0 Å². The van der Waals surface area contributed by atoms with E-state index < -0.39 is 0 Å².